The molecule has 7 heteroatoms. The van der Waals surface area contributed by atoms with Crippen molar-refractivity contribution in [2.24, 2.45) is 5.92 Å². The standard InChI is InChI=1S/C20H26N6O/c27-16-24-10-12-26(13-11-24)20-22-19(15-21-23-20)25-8-6-18(7-9-25)14-17-4-2-1-3-5-17/h1-5,15-16,18H,6-14H2. The van der Waals surface area contributed by atoms with Crippen molar-refractivity contribution in [3.05, 3.63) is 42.1 Å². The van der Waals surface area contributed by atoms with E-state index in [4.69, 9.17) is 4.98 Å². The minimum Gasteiger partial charge on any atom is -0.355 e. The van der Waals surface area contributed by atoms with Gasteiger partial charge in [-0.3, -0.25) is 4.79 Å². The zero-order valence-electron chi connectivity index (χ0n) is 15.6. The van der Waals surface area contributed by atoms with Crippen LogP contribution in [-0.2, 0) is 11.2 Å². The van der Waals surface area contributed by atoms with Gasteiger partial charge >= 0.3 is 0 Å². The molecule has 1 aromatic heterocycles. The fourth-order valence-corrected chi connectivity index (χ4v) is 3.91. The van der Waals surface area contributed by atoms with Crippen LogP contribution in [0.15, 0.2) is 36.5 Å². The minimum atomic E-state index is 0.671. The van der Waals surface area contributed by atoms with Gasteiger partial charge in [0.2, 0.25) is 12.4 Å². The number of carbonyl (C=O) groups excluding carboxylic acids is 1. The summed E-state index contributed by atoms with van der Waals surface area (Å²) in [5, 5.41) is 8.39. The van der Waals surface area contributed by atoms with Crippen molar-refractivity contribution in [1.82, 2.24) is 20.1 Å². The summed E-state index contributed by atoms with van der Waals surface area (Å²) in [5.74, 6) is 2.31. The molecule has 1 amide bonds. The topological polar surface area (TPSA) is 65.5 Å². The van der Waals surface area contributed by atoms with Crippen molar-refractivity contribution < 1.29 is 4.79 Å². The lowest BCUT2D eigenvalue weighted by Gasteiger charge is -2.34. The number of benzene rings is 1. The fraction of sp³-hybridized carbons (Fsp3) is 0.500. The molecule has 2 saturated heterocycles. The van der Waals surface area contributed by atoms with Gasteiger partial charge in [-0.2, -0.15) is 10.1 Å². The second-order valence-electron chi connectivity index (χ2n) is 7.36. The van der Waals surface area contributed by atoms with Crippen molar-refractivity contribution in [2.45, 2.75) is 19.3 Å². The maximum atomic E-state index is 10.9. The van der Waals surface area contributed by atoms with Crippen molar-refractivity contribution >= 4 is 18.2 Å². The van der Waals surface area contributed by atoms with Gasteiger partial charge in [-0.1, -0.05) is 30.3 Å². The minimum absolute atomic E-state index is 0.671. The SMILES string of the molecule is O=CN1CCN(c2nncc(N3CCC(Cc4ccccc4)CC3)n2)CC1. The fourth-order valence-electron chi connectivity index (χ4n) is 3.91. The predicted octanol–water partition coefficient (Wildman–Crippen LogP) is 1.61. The lowest BCUT2D eigenvalue weighted by molar-refractivity contribution is -0.118. The van der Waals surface area contributed by atoms with E-state index < -0.39 is 0 Å². The Morgan fingerprint density at radius 2 is 1.70 bits per heavy atom. The Labute approximate surface area is 160 Å². The number of aromatic nitrogens is 3. The van der Waals surface area contributed by atoms with Gasteiger partial charge < -0.3 is 14.7 Å². The molecule has 142 valence electrons. The third-order valence-corrected chi connectivity index (χ3v) is 5.59. The highest BCUT2D eigenvalue weighted by Gasteiger charge is 2.23. The smallest absolute Gasteiger partial charge is 0.247 e. The molecule has 7 nitrogen and oxygen atoms in total. The lowest BCUT2D eigenvalue weighted by atomic mass is 9.90. The first-order chi connectivity index (χ1) is 13.3. The molecule has 0 radical (unpaired) electrons. The van der Waals surface area contributed by atoms with Gasteiger partial charge in [-0.15, -0.1) is 5.10 Å². The summed E-state index contributed by atoms with van der Waals surface area (Å²) in [6.45, 7) is 4.94. The normalized spacial score (nSPS) is 18.6. The van der Waals surface area contributed by atoms with Gasteiger partial charge in [0.1, 0.15) is 0 Å². The van der Waals surface area contributed by atoms with Crippen LogP contribution in [0.1, 0.15) is 18.4 Å². The molecule has 0 aliphatic carbocycles. The third kappa shape index (κ3) is 4.35. The van der Waals surface area contributed by atoms with E-state index in [1.165, 1.54) is 18.4 Å². The summed E-state index contributed by atoms with van der Waals surface area (Å²) in [5.41, 5.74) is 1.43. The van der Waals surface area contributed by atoms with Crippen molar-refractivity contribution in [3.63, 3.8) is 0 Å². The number of piperidine rings is 1. The number of hydrogen-bond acceptors (Lipinski definition) is 6. The quantitative estimate of drug-likeness (QED) is 0.749. The van der Waals surface area contributed by atoms with E-state index >= 15 is 0 Å². The van der Waals surface area contributed by atoms with Crippen molar-refractivity contribution in [3.8, 4) is 0 Å². The van der Waals surface area contributed by atoms with E-state index in [0.29, 0.717) is 19.0 Å². The van der Waals surface area contributed by atoms with Gasteiger partial charge in [0.05, 0.1) is 6.20 Å². The first-order valence-electron chi connectivity index (χ1n) is 9.75. The van der Waals surface area contributed by atoms with Crippen molar-refractivity contribution in [1.29, 1.82) is 0 Å². The van der Waals surface area contributed by atoms with Crippen LogP contribution in [0.25, 0.3) is 0 Å². The zero-order valence-corrected chi connectivity index (χ0v) is 15.6. The second-order valence-corrected chi connectivity index (χ2v) is 7.36. The molecule has 3 heterocycles. The Morgan fingerprint density at radius 3 is 2.41 bits per heavy atom. The second kappa shape index (κ2) is 8.33. The van der Waals surface area contributed by atoms with Crippen LogP contribution in [0.2, 0.25) is 0 Å². The summed E-state index contributed by atoms with van der Waals surface area (Å²) in [7, 11) is 0. The average Bonchev–Trinajstić information content (AvgIpc) is 2.75. The van der Waals surface area contributed by atoms with Gasteiger partial charge in [0.15, 0.2) is 5.82 Å². The molecule has 0 spiro atoms. The molecule has 2 fully saturated rings. The highest BCUT2D eigenvalue weighted by atomic mass is 16.1. The maximum Gasteiger partial charge on any atom is 0.247 e. The number of nitrogens with zero attached hydrogens (tertiary/aromatic N) is 6. The molecule has 2 aliphatic heterocycles. The van der Waals surface area contributed by atoms with Crippen LogP contribution >= 0.6 is 0 Å². The van der Waals surface area contributed by atoms with Crippen LogP contribution < -0.4 is 9.80 Å². The number of piperazine rings is 1. The van der Waals surface area contributed by atoms with Gasteiger partial charge in [-0.25, -0.2) is 0 Å². The summed E-state index contributed by atoms with van der Waals surface area (Å²) in [6, 6.07) is 10.8. The van der Waals surface area contributed by atoms with Crippen LogP contribution in [0.3, 0.4) is 0 Å². The van der Waals surface area contributed by atoms with E-state index in [9.17, 15) is 4.79 Å². The van der Waals surface area contributed by atoms with Gasteiger partial charge in [0, 0.05) is 39.3 Å². The molecule has 0 bridgehead atoms. The Morgan fingerprint density at radius 1 is 0.963 bits per heavy atom. The van der Waals surface area contributed by atoms with Crippen molar-refractivity contribution in [2.75, 3.05) is 49.1 Å². The molecule has 0 atom stereocenters. The molecule has 2 aliphatic rings. The van der Waals surface area contributed by atoms with Crippen LogP contribution in [-0.4, -0.2) is 65.8 Å². The highest BCUT2D eigenvalue weighted by molar-refractivity contribution is 5.49. The van der Waals surface area contributed by atoms with Gasteiger partial charge in [-0.05, 0) is 30.7 Å². The summed E-state index contributed by atoms with van der Waals surface area (Å²) in [6.07, 6.45) is 6.18. The van der Waals surface area contributed by atoms with Crippen LogP contribution in [0, 0.1) is 5.92 Å². The number of rotatable bonds is 5. The number of anilines is 2. The summed E-state index contributed by atoms with van der Waals surface area (Å²) in [4.78, 5) is 21.8. The van der Waals surface area contributed by atoms with E-state index in [-0.39, 0.29) is 0 Å². The Kier molecular flexibility index (Phi) is 5.46. The monoisotopic (exact) mass is 366 g/mol. The molecular weight excluding hydrogens is 340 g/mol. The molecule has 27 heavy (non-hydrogen) atoms. The molecule has 0 unspecified atom stereocenters. The van der Waals surface area contributed by atoms with E-state index in [2.05, 4.69) is 50.3 Å². The molecular formula is C20H26N6O. The number of amides is 1. The number of hydrogen-bond donors (Lipinski definition) is 0. The highest BCUT2D eigenvalue weighted by Crippen LogP contribution is 2.25. The molecule has 1 aromatic carbocycles. The van der Waals surface area contributed by atoms with Crippen LogP contribution in [0.5, 0.6) is 0 Å². The molecule has 0 N–H and O–H groups in total. The van der Waals surface area contributed by atoms with E-state index in [0.717, 1.165) is 50.7 Å². The Bertz CT molecular complexity index is 739. The lowest BCUT2D eigenvalue weighted by Crippen LogP contribution is -2.46. The summed E-state index contributed by atoms with van der Waals surface area (Å²) < 4.78 is 0. The molecule has 0 saturated carbocycles. The largest absolute Gasteiger partial charge is 0.355 e. The Hall–Kier alpha value is -2.70. The van der Waals surface area contributed by atoms with E-state index in [1.54, 1.807) is 11.1 Å². The third-order valence-electron chi connectivity index (χ3n) is 5.59. The zero-order chi connectivity index (χ0) is 18.5. The number of carbonyl (C=O) groups is 1. The molecule has 2 aromatic rings. The molecule has 4 rings (SSSR count). The predicted molar refractivity (Wildman–Crippen MR) is 105 cm³/mol. The Balaban J connectivity index is 1.34. The maximum absolute atomic E-state index is 10.9. The first kappa shape index (κ1) is 17.7. The van der Waals surface area contributed by atoms with E-state index in [1.807, 2.05) is 0 Å². The van der Waals surface area contributed by atoms with Crippen LogP contribution in [0.4, 0.5) is 11.8 Å². The average molecular weight is 366 g/mol. The summed E-state index contributed by atoms with van der Waals surface area (Å²) >= 11 is 0. The first-order valence-corrected chi connectivity index (χ1v) is 9.75. The van der Waals surface area contributed by atoms with Gasteiger partial charge in [0.25, 0.3) is 0 Å².